The minimum Gasteiger partial charge on any atom is -0.316 e. The van der Waals surface area contributed by atoms with Crippen LogP contribution in [0.2, 0.25) is 0 Å². The van der Waals surface area contributed by atoms with Gasteiger partial charge in [0.2, 0.25) is 0 Å². The third kappa shape index (κ3) is 10.5. The number of aromatic nitrogens is 8. The zero-order chi connectivity index (χ0) is 66.6. The third-order valence-electron chi connectivity index (χ3n) is 19.7. The number of rotatable bonds is 11. The predicted octanol–water partition coefficient (Wildman–Crippen LogP) is 23.6. The molecule has 19 rings (SSSR count). The van der Waals surface area contributed by atoms with E-state index in [1.165, 1.54) is 87.7 Å². The fourth-order valence-electron chi connectivity index (χ4n) is 14.9. The Bertz CT molecular complexity index is 6340. The van der Waals surface area contributed by atoms with E-state index in [0.29, 0.717) is 11.6 Å². The first-order valence-corrected chi connectivity index (χ1v) is 34.3. The van der Waals surface area contributed by atoms with Gasteiger partial charge in [0, 0.05) is 94.9 Å². The van der Waals surface area contributed by atoms with E-state index in [4.69, 9.17) is 19.9 Å². The van der Waals surface area contributed by atoms with E-state index >= 15 is 0 Å². The standard InChI is InChI=1S/C46H30N4.C46H36N4/c1-3-12-31(13-4-1)32-22-24-33(25-23-32)44-39-19-7-9-20-41(39)47-46(48-44)34-14-11-17-36(30-34)50-43-21-10-8-18-37(43)38-26-27-42-40(45(38)50)28-29-49(42)35-15-5-2-6-16-35;1-3-32(33-15-6-4-7-16-33)29-31(2)44-39-22-10-12-23-41(39)47-46(48-44)34-17-14-20-36(30-34)50-43-24-13-11-21-37(43)38-25-26-42-40(45(38)50)27-28-49(42)35-18-8-5-9-19-35/h1-30H;3,5-6,8-30H,4,7H2,1-2H3/b;31-29+,32-3+. The lowest BCUT2D eigenvalue weighted by atomic mass is 9.96. The van der Waals surface area contributed by atoms with Crippen molar-refractivity contribution >= 4 is 92.8 Å². The lowest BCUT2D eigenvalue weighted by Crippen LogP contribution is -1.99. The molecule has 6 aromatic heterocycles. The summed E-state index contributed by atoms with van der Waals surface area (Å²) in [6.45, 7) is 4.27. The minimum atomic E-state index is 0.703. The molecule has 0 saturated carbocycles. The Kier molecular flexibility index (Phi) is 15.0. The van der Waals surface area contributed by atoms with Crippen molar-refractivity contribution in [2.75, 3.05) is 0 Å². The van der Waals surface area contributed by atoms with Crippen molar-refractivity contribution < 1.29 is 0 Å². The maximum absolute atomic E-state index is 5.28. The van der Waals surface area contributed by atoms with Gasteiger partial charge in [0.1, 0.15) is 0 Å². The molecule has 8 heteroatoms. The molecule has 0 amide bonds. The molecule has 0 fully saturated rings. The molecule has 0 radical (unpaired) electrons. The molecule has 0 spiro atoms. The first kappa shape index (κ1) is 59.5. The number of nitrogens with zero attached hydrogens (tertiary/aromatic N) is 8. The fraction of sp³-hybridized carbons (Fsp3) is 0.0435. The Morgan fingerprint density at radius 3 is 1.36 bits per heavy atom. The van der Waals surface area contributed by atoms with Gasteiger partial charge in [0.15, 0.2) is 11.6 Å². The zero-order valence-electron chi connectivity index (χ0n) is 55.3. The average Bonchev–Trinajstić information content (AvgIpc) is 1.57. The second kappa shape index (κ2) is 25.2. The Labute approximate surface area is 579 Å². The van der Waals surface area contributed by atoms with Gasteiger partial charge in [-0.3, -0.25) is 0 Å². The van der Waals surface area contributed by atoms with Crippen molar-refractivity contribution in [3.63, 3.8) is 0 Å². The summed E-state index contributed by atoms with van der Waals surface area (Å²) in [4.78, 5) is 20.8. The van der Waals surface area contributed by atoms with Crippen molar-refractivity contribution in [2.45, 2.75) is 26.7 Å². The Morgan fingerprint density at radius 1 is 0.350 bits per heavy atom. The number of fused-ring (bicyclic) bond motifs is 12. The zero-order valence-corrected chi connectivity index (χ0v) is 55.3. The van der Waals surface area contributed by atoms with Gasteiger partial charge in [-0.15, -0.1) is 0 Å². The molecule has 0 atom stereocenters. The second-order valence-electron chi connectivity index (χ2n) is 25.6. The predicted molar refractivity (Wildman–Crippen MR) is 417 cm³/mol. The van der Waals surface area contributed by atoms with Crippen LogP contribution in [0.15, 0.2) is 351 Å². The minimum absolute atomic E-state index is 0.703. The lowest BCUT2D eigenvalue weighted by Gasteiger charge is -2.13. The number of hydrogen-bond acceptors (Lipinski definition) is 4. The molecule has 1 aliphatic rings. The number of hydrogen-bond donors (Lipinski definition) is 0. The van der Waals surface area contributed by atoms with E-state index < -0.39 is 0 Å². The van der Waals surface area contributed by atoms with Crippen LogP contribution in [-0.4, -0.2) is 38.2 Å². The first-order chi connectivity index (χ1) is 49.5. The summed E-state index contributed by atoms with van der Waals surface area (Å²) in [5.74, 6) is 1.42. The van der Waals surface area contributed by atoms with Crippen molar-refractivity contribution in [3.8, 4) is 67.9 Å². The molecule has 100 heavy (non-hydrogen) atoms. The second-order valence-corrected chi connectivity index (χ2v) is 25.6. The summed E-state index contributed by atoms with van der Waals surface area (Å²) in [7, 11) is 0. The normalized spacial score (nSPS) is 12.8. The topological polar surface area (TPSA) is 71.3 Å². The monoisotopic (exact) mass is 1280 g/mol. The van der Waals surface area contributed by atoms with Crippen molar-refractivity contribution in [2.24, 2.45) is 0 Å². The maximum Gasteiger partial charge on any atom is 0.160 e. The quantitative estimate of drug-likeness (QED) is 0.121. The van der Waals surface area contributed by atoms with Crippen molar-refractivity contribution in [3.05, 3.63) is 357 Å². The van der Waals surface area contributed by atoms with Crippen LogP contribution in [0.5, 0.6) is 0 Å². The van der Waals surface area contributed by atoms with E-state index in [9.17, 15) is 0 Å². The summed E-state index contributed by atoms with van der Waals surface area (Å²) in [6.07, 6.45) is 17.8. The van der Waals surface area contributed by atoms with Crippen LogP contribution in [0.25, 0.3) is 161 Å². The van der Waals surface area contributed by atoms with E-state index in [-0.39, 0.29) is 0 Å². The molecule has 12 aromatic carbocycles. The van der Waals surface area contributed by atoms with Crippen LogP contribution < -0.4 is 0 Å². The van der Waals surface area contributed by atoms with Crippen LogP contribution in [0.4, 0.5) is 0 Å². The molecule has 0 aliphatic heterocycles. The van der Waals surface area contributed by atoms with Gasteiger partial charge in [-0.25, -0.2) is 19.9 Å². The molecule has 18 aromatic rings. The Balaban J connectivity index is 0.000000144. The molecule has 474 valence electrons. The average molecular weight is 1280 g/mol. The van der Waals surface area contributed by atoms with Crippen LogP contribution in [0, 0.1) is 0 Å². The summed E-state index contributed by atoms with van der Waals surface area (Å²) in [6, 6.07) is 105. The Hall–Kier alpha value is -13.0. The van der Waals surface area contributed by atoms with E-state index in [0.717, 1.165) is 91.0 Å². The molecule has 6 heterocycles. The molecule has 0 saturated heterocycles. The van der Waals surface area contributed by atoms with Gasteiger partial charge in [-0.1, -0.05) is 224 Å². The Morgan fingerprint density at radius 2 is 0.810 bits per heavy atom. The van der Waals surface area contributed by atoms with Crippen LogP contribution in [0.1, 0.15) is 32.4 Å². The van der Waals surface area contributed by atoms with Gasteiger partial charge in [0.05, 0.1) is 55.5 Å². The smallest absolute Gasteiger partial charge is 0.160 e. The molecule has 0 bridgehead atoms. The molecular formula is C92H66N8. The van der Waals surface area contributed by atoms with Crippen LogP contribution in [0.3, 0.4) is 0 Å². The summed E-state index contributed by atoms with van der Waals surface area (Å²) in [5, 5.41) is 9.42. The molecular weight excluding hydrogens is 1220 g/mol. The van der Waals surface area contributed by atoms with E-state index in [1.807, 2.05) is 12.1 Å². The molecule has 0 unspecified atom stereocenters. The SMILES string of the molecule is C/C=C(\C=C(/C)c1nc(-c2cccc(-n3c4ccccc4c4ccc5c(ccn5-c5ccccc5)c43)c2)nc2ccccc12)C1=CCCC=C1.c1ccc(-c2ccc(-c3nc(-c4cccc(-n5c6ccccc6c6ccc7c(ccn7-c7ccccc7)c65)c4)nc4ccccc34)cc2)cc1. The molecule has 0 N–H and O–H groups in total. The van der Waals surface area contributed by atoms with Gasteiger partial charge in [0.25, 0.3) is 0 Å². The van der Waals surface area contributed by atoms with Crippen molar-refractivity contribution in [1.29, 1.82) is 0 Å². The lowest BCUT2D eigenvalue weighted by molar-refractivity contribution is 1.02. The van der Waals surface area contributed by atoms with E-state index in [1.54, 1.807) is 0 Å². The highest BCUT2D eigenvalue weighted by atomic mass is 15.0. The van der Waals surface area contributed by atoms with Gasteiger partial charge in [-0.05, 0) is 158 Å². The van der Waals surface area contributed by atoms with Gasteiger partial charge < -0.3 is 18.3 Å². The largest absolute Gasteiger partial charge is 0.316 e. The third-order valence-corrected chi connectivity index (χ3v) is 19.7. The van der Waals surface area contributed by atoms with Crippen molar-refractivity contribution in [1.82, 2.24) is 38.2 Å². The highest BCUT2D eigenvalue weighted by molar-refractivity contribution is 6.20. The number of allylic oxidation sites excluding steroid dienone is 8. The first-order valence-electron chi connectivity index (χ1n) is 34.3. The fourth-order valence-corrected chi connectivity index (χ4v) is 14.9. The highest BCUT2D eigenvalue weighted by Crippen LogP contribution is 2.42. The molecule has 1 aliphatic carbocycles. The maximum atomic E-state index is 5.28. The summed E-state index contributed by atoms with van der Waals surface area (Å²) < 4.78 is 9.34. The van der Waals surface area contributed by atoms with Crippen LogP contribution >= 0.6 is 0 Å². The van der Waals surface area contributed by atoms with Gasteiger partial charge >= 0.3 is 0 Å². The summed E-state index contributed by atoms with van der Waals surface area (Å²) in [5.41, 5.74) is 24.2. The van der Waals surface area contributed by atoms with E-state index in [2.05, 4.69) is 360 Å². The van der Waals surface area contributed by atoms with Crippen LogP contribution in [-0.2, 0) is 0 Å². The summed E-state index contributed by atoms with van der Waals surface area (Å²) >= 11 is 0. The number of benzene rings is 12. The molecule has 8 nitrogen and oxygen atoms in total. The highest BCUT2D eigenvalue weighted by Gasteiger charge is 2.22. The number of para-hydroxylation sites is 6. The van der Waals surface area contributed by atoms with Gasteiger partial charge in [-0.2, -0.15) is 0 Å².